The highest BCUT2D eigenvalue weighted by atomic mass is 79.9. The molecule has 1 aromatic heterocycles. The number of nitrogens with zero attached hydrogens (tertiary/aromatic N) is 1. The highest BCUT2D eigenvalue weighted by Crippen LogP contribution is 2.33. The van der Waals surface area contributed by atoms with Gasteiger partial charge < -0.3 is 0 Å². The normalized spacial score (nSPS) is 11.6. The number of aromatic nitrogens is 1. The molecule has 0 amide bonds. The standard InChI is InChI=1S/C22H16BrNO3S/c23-15-19-18-13-7-8-14-20(18)24(28(26,27)17-11-5-2-6-12-17)21(19)22(25)16-9-3-1-4-10-16/h1-14H,15H2. The molecule has 4 nitrogen and oxygen atoms in total. The van der Waals surface area contributed by atoms with Gasteiger partial charge in [-0.2, -0.15) is 0 Å². The maximum atomic E-state index is 13.5. The minimum absolute atomic E-state index is 0.138. The van der Waals surface area contributed by atoms with Crippen LogP contribution in [0.25, 0.3) is 10.9 Å². The fraction of sp³-hybridized carbons (Fsp3) is 0.0455. The van der Waals surface area contributed by atoms with E-state index in [0.717, 1.165) is 5.39 Å². The van der Waals surface area contributed by atoms with Crippen molar-refractivity contribution >= 4 is 42.6 Å². The lowest BCUT2D eigenvalue weighted by Crippen LogP contribution is -2.20. The Morgan fingerprint density at radius 3 is 2.04 bits per heavy atom. The SMILES string of the molecule is O=C(c1ccccc1)c1c(CBr)c2ccccc2n1S(=O)(=O)c1ccccc1. The van der Waals surface area contributed by atoms with E-state index in [2.05, 4.69) is 15.9 Å². The second-order valence-corrected chi connectivity index (χ2v) is 8.60. The Kier molecular flexibility index (Phi) is 4.91. The third kappa shape index (κ3) is 2.99. The van der Waals surface area contributed by atoms with E-state index in [-0.39, 0.29) is 16.4 Å². The van der Waals surface area contributed by atoms with Crippen LogP contribution in [-0.4, -0.2) is 18.2 Å². The highest BCUT2D eigenvalue weighted by molar-refractivity contribution is 9.08. The average Bonchev–Trinajstić information content (AvgIpc) is 3.09. The number of rotatable bonds is 5. The van der Waals surface area contributed by atoms with E-state index in [1.807, 2.05) is 18.2 Å². The Bertz CT molecular complexity index is 1260. The summed E-state index contributed by atoms with van der Waals surface area (Å²) in [7, 11) is -3.96. The fourth-order valence-electron chi connectivity index (χ4n) is 3.31. The first kappa shape index (κ1) is 18.7. The lowest BCUT2D eigenvalue weighted by molar-refractivity contribution is 0.103. The first-order valence-corrected chi connectivity index (χ1v) is 11.2. The fourth-order valence-corrected chi connectivity index (χ4v) is 5.45. The van der Waals surface area contributed by atoms with Crippen molar-refractivity contribution in [1.82, 2.24) is 3.97 Å². The van der Waals surface area contributed by atoms with E-state index >= 15 is 0 Å². The van der Waals surface area contributed by atoms with Crippen molar-refractivity contribution in [3.63, 3.8) is 0 Å². The van der Waals surface area contributed by atoms with Gasteiger partial charge in [0.2, 0.25) is 5.78 Å². The first-order chi connectivity index (χ1) is 13.6. The van der Waals surface area contributed by atoms with E-state index in [9.17, 15) is 13.2 Å². The zero-order valence-electron chi connectivity index (χ0n) is 14.7. The summed E-state index contributed by atoms with van der Waals surface area (Å²) in [5, 5.41) is 1.09. The molecule has 1 heterocycles. The molecule has 0 atom stereocenters. The Hall–Kier alpha value is -2.70. The summed E-state index contributed by atoms with van der Waals surface area (Å²) >= 11 is 3.45. The topological polar surface area (TPSA) is 56.1 Å². The van der Waals surface area contributed by atoms with Gasteiger partial charge in [0.05, 0.1) is 10.4 Å². The van der Waals surface area contributed by atoms with E-state index in [1.165, 1.54) is 16.1 Å². The van der Waals surface area contributed by atoms with Gasteiger partial charge >= 0.3 is 0 Å². The molecule has 0 aliphatic rings. The monoisotopic (exact) mass is 453 g/mol. The quantitative estimate of drug-likeness (QED) is 0.315. The molecule has 0 aliphatic carbocycles. The summed E-state index contributed by atoms with van der Waals surface area (Å²) < 4.78 is 28.2. The Balaban J connectivity index is 2.10. The second-order valence-electron chi connectivity index (χ2n) is 6.26. The second kappa shape index (κ2) is 7.37. The van der Waals surface area contributed by atoms with Crippen LogP contribution in [0.3, 0.4) is 0 Å². The molecule has 0 saturated carbocycles. The molecule has 4 rings (SSSR count). The van der Waals surface area contributed by atoms with Crippen molar-refractivity contribution in [1.29, 1.82) is 0 Å². The molecule has 6 heteroatoms. The van der Waals surface area contributed by atoms with Gasteiger partial charge in [0.15, 0.2) is 0 Å². The van der Waals surface area contributed by atoms with Crippen LogP contribution >= 0.6 is 15.9 Å². The molecule has 0 aliphatic heterocycles. The molecule has 3 aromatic carbocycles. The maximum absolute atomic E-state index is 13.5. The van der Waals surface area contributed by atoms with Crippen LogP contribution in [0, 0.1) is 0 Å². The predicted molar refractivity (Wildman–Crippen MR) is 113 cm³/mol. The number of carbonyl (C=O) groups excluding carboxylic acids is 1. The molecule has 28 heavy (non-hydrogen) atoms. The minimum Gasteiger partial charge on any atom is -0.287 e. The summed E-state index contributed by atoms with van der Waals surface area (Å²) in [6, 6.07) is 24.1. The van der Waals surface area contributed by atoms with Crippen LogP contribution in [0.5, 0.6) is 0 Å². The van der Waals surface area contributed by atoms with Gasteiger partial charge in [0.25, 0.3) is 10.0 Å². The maximum Gasteiger partial charge on any atom is 0.268 e. The van der Waals surface area contributed by atoms with Crippen LogP contribution in [-0.2, 0) is 15.4 Å². The number of ketones is 1. The Morgan fingerprint density at radius 2 is 1.39 bits per heavy atom. The van der Waals surface area contributed by atoms with Gasteiger partial charge in [-0.05, 0) is 18.2 Å². The summed E-state index contributed by atoms with van der Waals surface area (Å²) in [5.74, 6) is -0.328. The van der Waals surface area contributed by atoms with E-state index < -0.39 is 10.0 Å². The zero-order valence-corrected chi connectivity index (χ0v) is 17.2. The Labute approximate surface area is 171 Å². The van der Waals surface area contributed by atoms with E-state index in [0.29, 0.717) is 22.0 Å². The van der Waals surface area contributed by atoms with E-state index in [1.54, 1.807) is 54.6 Å². The number of fused-ring (bicyclic) bond motifs is 1. The number of alkyl halides is 1. The third-order valence-electron chi connectivity index (χ3n) is 4.60. The third-order valence-corrected chi connectivity index (χ3v) is 6.89. The van der Waals surface area contributed by atoms with Crippen molar-refractivity contribution < 1.29 is 13.2 Å². The summed E-state index contributed by atoms with van der Waals surface area (Å²) in [4.78, 5) is 13.5. The van der Waals surface area contributed by atoms with Crippen molar-refractivity contribution in [2.75, 3.05) is 0 Å². The average molecular weight is 454 g/mol. The van der Waals surface area contributed by atoms with Crippen molar-refractivity contribution in [2.45, 2.75) is 10.2 Å². The molecule has 0 spiro atoms. The highest BCUT2D eigenvalue weighted by Gasteiger charge is 2.30. The zero-order chi connectivity index (χ0) is 19.7. The molecular formula is C22H16BrNO3S. The van der Waals surface area contributed by atoms with Crippen LogP contribution in [0.1, 0.15) is 21.6 Å². The van der Waals surface area contributed by atoms with Crippen LogP contribution in [0.15, 0.2) is 89.8 Å². The lowest BCUT2D eigenvalue weighted by Gasteiger charge is -2.12. The van der Waals surface area contributed by atoms with E-state index in [4.69, 9.17) is 0 Å². The molecule has 0 unspecified atom stereocenters. The van der Waals surface area contributed by atoms with Crippen LogP contribution in [0.2, 0.25) is 0 Å². The van der Waals surface area contributed by atoms with Crippen LogP contribution < -0.4 is 0 Å². The number of halogens is 1. The number of hydrogen-bond donors (Lipinski definition) is 0. The number of para-hydroxylation sites is 1. The van der Waals surface area contributed by atoms with Gasteiger partial charge in [0.1, 0.15) is 5.69 Å². The smallest absolute Gasteiger partial charge is 0.268 e. The molecule has 0 bridgehead atoms. The van der Waals surface area contributed by atoms with Gasteiger partial charge in [-0.15, -0.1) is 0 Å². The van der Waals surface area contributed by atoms with Crippen molar-refractivity contribution in [3.8, 4) is 0 Å². The van der Waals surface area contributed by atoms with Gasteiger partial charge in [-0.25, -0.2) is 12.4 Å². The summed E-state index contributed by atoms with van der Waals surface area (Å²) in [6.07, 6.45) is 0. The molecule has 0 N–H and O–H groups in total. The van der Waals surface area contributed by atoms with Gasteiger partial charge in [-0.3, -0.25) is 4.79 Å². The van der Waals surface area contributed by atoms with Crippen molar-refractivity contribution in [3.05, 3.63) is 102 Å². The minimum atomic E-state index is -3.96. The molecule has 0 radical (unpaired) electrons. The van der Waals surface area contributed by atoms with Crippen LogP contribution in [0.4, 0.5) is 0 Å². The molecular weight excluding hydrogens is 438 g/mol. The number of benzene rings is 3. The first-order valence-electron chi connectivity index (χ1n) is 8.64. The lowest BCUT2D eigenvalue weighted by atomic mass is 10.0. The van der Waals surface area contributed by atoms with Crippen molar-refractivity contribution in [2.24, 2.45) is 0 Å². The molecule has 0 saturated heterocycles. The molecule has 140 valence electrons. The Morgan fingerprint density at radius 1 is 0.821 bits per heavy atom. The number of carbonyl (C=O) groups is 1. The largest absolute Gasteiger partial charge is 0.287 e. The van der Waals surface area contributed by atoms with Gasteiger partial charge in [0, 0.05) is 21.8 Å². The molecule has 4 aromatic rings. The van der Waals surface area contributed by atoms with Gasteiger partial charge in [-0.1, -0.05) is 82.7 Å². The summed E-state index contributed by atoms with van der Waals surface area (Å²) in [6.45, 7) is 0. The number of hydrogen-bond acceptors (Lipinski definition) is 3. The summed E-state index contributed by atoms with van der Waals surface area (Å²) in [5.41, 5.74) is 1.74. The molecule has 0 fully saturated rings. The predicted octanol–water partition coefficient (Wildman–Crippen LogP) is 5.00.